The van der Waals surface area contributed by atoms with Crippen molar-refractivity contribution in [1.82, 2.24) is 4.90 Å². The number of hydrogen-bond donors (Lipinski definition) is 0. The summed E-state index contributed by atoms with van der Waals surface area (Å²) in [6.45, 7) is 5.38. The molecule has 3 heteroatoms. The molecule has 0 aliphatic heterocycles. The molecule has 0 aromatic heterocycles. The quantitative estimate of drug-likeness (QED) is 0.629. The molecule has 0 heterocycles. The second-order valence-corrected chi connectivity index (χ2v) is 5.53. The van der Waals surface area contributed by atoms with E-state index >= 15 is 0 Å². The second-order valence-electron chi connectivity index (χ2n) is 4.61. The standard InChI is InChI=1S/C15H24BrNO/c1-3-17(2)12-6-4-5-7-13-18-15-10-8-14(16)9-11-15/h8-11H,3-7,12-13H2,1-2H3. The zero-order valence-corrected chi connectivity index (χ0v) is 13.1. The van der Waals surface area contributed by atoms with Gasteiger partial charge >= 0.3 is 0 Å². The molecule has 1 rings (SSSR count). The number of hydrogen-bond acceptors (Lipinski definition) is 2. The van der Waals surface area contributed by atoms with E-state index in [9.17, 15) is 0 Å². The van der Waals surface area contributed by atoms with E-state index in [4.69, 9.17) is 4.74 Å². The van der Waals surface area contributed by atoms with Gasteiger partial charge in [0.2, 0.25) is 0 Å². The summed E-state index contributed by atoms with van der Waals surface area (Å²) in [4.78, 5) is 2.36. The van der Waals surface area contributed by atoms with E-state index in [1.54, 1.807) is 0 Å². The van der Waals surface area contributed by atoms with Crippen LogP contribution in [0, 0.1) is 0 Å². The van der Waals surface area contributed by atoms with Crippen molar-refractivity contribution in [3.05, 3.63) is 28.7 Å². The van der Waals surface area contributed by atoms with E-state index in [2.05, 4.69) is 34.8 Å². The van der Waals surface area contributed by atoms with Gasteiger partial charge in [-0.15, -0.1) is 0 Å². The molecule has 0 saturated carbocycles. The van der Waals surface area contributed by atoms with Crippen molar-refractivity contribution in [2.24, 2.45) is 0 Å². The van der Waals surface area contributed by atoms with Gasteiger partial charge in [0.05, 0.1) is 6.61 Å². The third kappa shape index (κ3) is 7.02. The molecule has 0 spiro atoms. The second kappa shape index (κ2) is 9.40. The molecule has 0 N–H and O–H groups in total. The first kappa shape index (κ1) is 15.5. The van der Waals surface area contributed by atoms with Gasteiger partial charge in [0, 0.05) is 4.47 Å². The van der Waals surface area contributed by atoms with Gasteiger partial charge in [-0.3, -0.25) is 0 Å². The fourth-order valence-corrected chi connectivity index (χ4v) is 1.98. The number of ether oxygens (including phenoxy) is 1. The highest BCUT2D eigenvalue weighted by Crippen LogP contribution is 2.16. The zero-order chi connectivity index (χ0) is 13.2. The smallest absolute Gasteiger partial charge is 0.119 e. The lowest BCUT2D eigenvalue weighted by Crippen LogP contribution is -2.18. The van der Waals surface area contributed by atoms with Crippen molar-refractivity contribution in [2.45, 2.75) is 32.6 Å². The Morgan fingerprint density at radius 3 is 2.39 bits per heavy atom. The number of unbranched alkanes of at least 4 members (excludes halogenated alkanes) is 3. The lowest BCUT2D eigenvalue weighted by Gasteiger charge is -2.13. The molecule has 102 valence electrons. The first-order chi connectivity index (χ1) is 8.72. The molecule has 0 aliphatic carbocycles. The molecule has 0 aliphatic rings. The minimum atomic E-state index is 0.825. The summed E-state index contributed by atoms with van der Waals surface area (Å²) >= 11 is 3.41. The zero-order valence-electron chi connectivity index (χ0n) is 11.5. The van der Waals surface area contributed by atoms with E-state index < -0.39 is 0 Å². The Hall–Kier alpha value is -0.540. The van der Waals surface area contributed by atoms with Gasteiger partial charge in [-0.25, -0.2) is 0 Å². The Labute approximate surface area is 119 Å². The predicted molar refractivity (Wildman–Crippen MR) is 81.3 cm³/mol. The largest absolute Gasteiger partial charge is 0.494 e. The Bertz CT molecular complexity index is 313. The molecule has 0 radical (unpaired) electrons. The van der Waals surface area contributed by atoms with Gasteiger partial charge in [-0.1, -0.05) is 35.7 Å². The Balaban J connectivity index is 1.97. The van der Waals surface area contributed by atoms with Gasteiger partial charge in [0.15, 0.2) is 0 Å². The average molecular weight is 314 g/mol. The van der Waals surface area contributed by atoms with Crippen LogP contribution in [0.1, 0.15) is 32.6 Å². The highest BCUT2D eigenvalue weighted by molar-refractivity contribution is 9.10. The van der Waals surface area contributed by atoms with Crippen LogP contribution in [-0.4, -0.2) is 31.6 Å². The first-order valence-corrected chi connectivity index (χ1v) is 7.58. The van der Waals surface area contributed by atoms with Crippen molar-refractivity contribution in [2.75, 3.05) is 26.7 Å². The molecular formula is C15H24BrNO. The molecule has 0 atom stereocenters. The Kier molecular flexibility index (Phi) is 8.10. The van der Waals surface area contributed by atoms with Gasteiger partial charge in [-0.2, -0.15) is 0 Å². The third-order valence-electron chi connectivity index (χ3n) is 3.06. The molecular weight excluding hydrogens is 290 g/mol. The van der Waals surface area contributed by atoms with Gasteiger partial charge in [-0.05, 0) is 57.2 Å². The molecule has 18 heavy (non-hydrogen) atoms. The normalized spacial score (nSPS) is 10.9. The van der Waals surface area contributed by atoms with Gasteiger partial charge in [0.1, 0.15) is 5.75 Å². The minimum Gasteiger partial charge on any atom is -0.494 e. The number of benzene rings is 1. The fourth-order valence-electron chi connectivity index (χ4n) is 1.72. The van der Waals surface area contributed by atoms with Crippen molar-refractivity contribution >= 4 is 15.9 Å². The lowest BCUT2D eigenvalue weighted by molar-refractivity contribution is 0.299. The number of nitrogens with zero attached hydrogens (tertiary/aromatic N) is 1. The minimum absolute atomic E-state index is 0.825. The van der Waals surface area contributed by atoms with Crippen LogP contribution in [0.15, 0.2) is 28.7 Å². The van der Waals surface area contributed by atoms with E-state index in [1.807, 2.05) is 24.3 Å². The Morgan fingerprint density at radius 1 is 1.06 bits per heavy atom. The molecule has 0 fully saturated rings. The number of rotatable bonds is 9. The van der Waals surface area contributed by atoms with Crippen LogP contribution in [0.4, 0.5) is 0 Å². The number of halogens is 1. The summed E-state index contributed by atoms with van der Waals surface area (Å²) in [6, 6.07) is 8.02. The molecule has 0 bridgehead atoms. The summed E-state index contributed by atoms with van der Waals surface area (Å²) in [6.07, 6.45) is 5.00. The highest BCUT2D eigenvalue weighted by Gasteiger charge is 1.96. The maximum atomic E-state index is 5.68. The van der Waals surface area contributed by atoms with Crippen molar-refractivity contribution in [1.29, 1.82) is 0 Å². The SMILES string of the molecule is CCN(C)CCCCCCOc1ccc(Br)cc1. The van der Waals surface area contributed by atoms with E-state index in [-0.39, 0.29) is 0 Å². The molecule has 1 aromatic rings. The highest BCUT2D eigenvalue weighted by atomic mass is 79.9. The van der Waals surface area contributed by atoms with Crippen LogP contribution in [-0.2, 0) is 0 Å². The van der Waals surface area contributed by atoms with E-state index in [0.717, 1.165) is 29.8 Å². The lowest BCUT2D eigenvalue weighted by atomic mass is 10.2. The van der Waals surface area contributed by atoms with Crippen molar-refractivity contribution in [3.63, 3.8) is 0 Å². The van der Waals surface area contributed by atoms with Crippen LogP contribution in [0.5, 0.6) is 5.75 Å². The molecule has 0 unspecified atom stereocenters. The predicted octanol–water partition coefficient (Wildman–Crippen LogP) is 4.34. The van der Waals surface area contributed by atoms with Gasteiger partial charge in [0.25, 0.3) is 0 Å². The summed E-state index contributed by atoms with van der Waals surface area (Å²) < 4.78 is 6.77. The summed E-state index contributed by atoms with van der Waals surface area (Å²) in [5.74, 6) is 0.962. The summed E-state index contributed by atoms with van der Waals surface area (Å²) in [5, 5.41) is 0. The van der Waals surface area contributed by atoms with Crippen LogP contribution in [0.2, 0.25) is 0 Å². The summed E-state index contributed by atoms with van der Waals surface area (Å²) in [7, 11) is 2.18. The van der Waals surface area contributed by atoms with Crippen LogP contribution >= 0.6 is 15.9 Å². The molecule has 0 amide bonds. The molecule has 0 saturated heterocycles. The Morgan fingerprint density at radius 2 is 1.72 bits per heavy atom. The van der Waals surface area contributed by atoms with E-state index in [0.29, 0.717) is 0 Å². The molecule has 1 aromatic carbocycles. The third-order valence-corrected chi connectivity index (χ3v) is 3.59. The van der Waals surface area contributed by atoms with Gasteiger partial charge < -0.3 is 9.64 Å². The van der Waals surface area contributed by atoms with E-state index in [1.165, 1.54) is 25.8 Å². The topological polar surface area (TPSA) is 12.5 Å². The maximum absolute atomic E-state index is 5.68. The maximum Gasteiger partial charge on any atom is 0.119 e. The average Bonchev–Trinajstić information content (AvgIpc) is 2.39. The fraction of sp³-hybridized carbons (Fsp3) is 0.600. The summed E-state index contributed by atoms with van der Waals surface area (Å²) in [5.41, 5.74) is 0. The molecule has 2 nitrogen and oxygen atoms in total. The monoisotopic (exact) mass is 313 g/mol. The van der Waals surface area contributed by atoms with Crippen LogP contribution in [0.3, 0.4) is 0 Å². The van der Waals surface area contributed by atoms with Crippen LogP contribution in [0.25, 0.3) is 0 Å². The van der Waals surface area contributed by atoms with Crippen molar-refractivity contribution in [3.8, 4) is 5.75 Å². The van der Waals surface area contributed by atoms with Crippen LogP contribution < -0.4 is 4.74 Å². The van der Waals surface area contributed by atoms with Crippen molar-refractivity contribution < 1.29 is 4.74 Å². The first-order valence-electron chi connectivity index (χ1n) is 6.79.